The molecule has 0 saturated heterocycles. The zero-order valence-electron chi connectivity index (χ0n) is 15.1. The Labute approximate surface area is 187 Å². The van der Waals surface area contributed by atoms with E-state index in [0.29, 0.717) is 20.8 Å². The SMILES string of the molecule is CNC(=O)[C@@H](C)N(Cc1ccc(Cl)c(Cl)c1)C(=O)COc1ccc(Br)cc1Cl. The Balaban J connectivity index is 2.18. The van der Waals surface area contributed by atoms with Gasteiger partial charge in [-0.2, -0.15) is 0 Å². The number of nitrogens with one attached hydrogen (secondary N) is 1. The van der Waals surface area contributed by atoms with Crippen molar-refractivity contribution in [3.8, 4) is 5.75 Å². The van der Waals surface area contributed by atoms with Crippen LogP contribution in [0.3, 0.4) is 0 Å². The molecular formula is C19H18BrCl3N2O3. The highest BCUT2D eigenvalue weighted by atomic mass is 79.9. The van der Waals surface area contributed by atoms with Crippen molar-refractivity contribution in [2.45, 2.75) is 19.5 Å². The second kappa shape index (κ2) is 10.3. The summed E-state index contributed by atoms with van der Waals surface area (Å²) in [6, 6.07) is 9.42. The molecule has 1 atom stereocenters. The molecule has 1 N–H and O–H groups in total. The molecule has 0 saturated carbocycles. The second-order valence-corrected chi connectivity index (χ2v) is 8.06. The summed E-state index contributed by atoms with van der Waals surface area (Å²) >= 11 is 21.4. The van der Waals surface area contributed by atoms with E-state index in [1.165, 1.54) is 11.9 Å². The van der Waals surface area contributed by atoms with Gasteiger partial charge in [0.1, 0.15) is 11.8 Å². The van der Waals surface area contributed by atoms with E-state index in [0.717, 1.165) is 10.0 Å². The molecular weight excluding hydrogens is 490 g/mol. The van der Waals surface area contributed by atoms with Gasteiger partial charge in [-0.25, -0.2) is 0 Å². The van der Waals surface area contributed by atoms with Gasteiger partial charge in [0.15, 0.2) is 6.61 Å². The molecule has 2 rings (SSSR count). The molecule has 2 aromatic carbocycles. The minimum Gasteiger partial charge on any atom is -0.482 e. The van der Waals surface area contributed by atoms with Crippen molar-refractivity contribution in [3.05, 3.63) is 61.5 Å². The molecule has 0 bridgehead atoms. The summed E-state index contributed by atoms with van der Waals surface area (Å²) in [7, 11) is 1.51. The first-order valence-corrected chi connectivity index (χ1v) is 10.2. The predicted octanol–water partition coefficient (Wildman–Crippen LogP) is 4.95. The van der Waals surface area contributed by atoms with E-state index in [9.17, 15) is 9.59 Å². The van der Waals surface area contributed by atoms with E-state index in [1.807, 2.05) is 0 Å². The summed E-state index contributed by atoms with van der Waals surface area (Å²) < 4.78 is 6.35. The Morgan fingerprint density at radius 3 is 2.43 bits per heavy atom. The number of benzene rings is 2. The molecule has 2 aromatic rings. The van der Waals surface area contributed by atoms with E-state index in [-0.39, 0.29) is 25.0 Å². The average molecular weight is 509 g/mol. The number of rotatable bonds is 7. The fourth-order valence-electron chi connectivity index (χ4n) is 2.44. The molecule has 2 amide bonds. The molecule has 0 aromatic heterocycles. The number of likely N-dealkylation sites (N-methyl/N-ethyl adjacent to an activating group) is 1. The molecule has 0 aliphatic carbocycles. The lowest BCUT2D eigenvalue weighted by Crippen LogP contribution is -2.48. The van der Waals surface area contributed by atoms with Crippen molar-refractivity contribution < 1.29 is 14.3 Å². The number of carbonyl (C=O) groups excluding carboxylic acids is 2. The smallest absolute Gasteiger partial charge is 0.261 e. The van der Waals surface area contributed by atoms with Gasteiger partial charge in [0, 0.05) is 18.1 Å². The van der Waals surface area contributed by atoms with Crippen LogP contribution in [-0.4, -0.2) is 36.4 Å². The van der Waals surface area contributed by atoms with E-state index in [2.05, 4.69) is 21.2 Å². The van der Waals surface area contributed by atoms with E-state index < -0.39 is 6.04 Å². The Hall–Kier alpha value is -1.47. The van der Waals surface area contributed by atoms with Crippen LogP contribution in [0.1, 0.15) is 12.5 Å². The molecule has 0 aliphatic rings. The molecule has 9 heteroatoms. The number of hydrogen-bond donors (Lipinski definition) is 1. The van der Waals surface area contributed by atoms with Crippen LogP contribution in [0.4, 0.5) is 0 Å². The van der Waals surface area contributed by atoms with Gasteiger partial charge >= 0.3 is 0 Å². The summed E-state index contributed by atoms with van der Waals surface area (Å²) in [5.74, 6) is -0.295. The Bertz CT molecular complexity index is 879. The van der Waals surface area contributed by atoms with Crippen LogP contribution < -0.4 is 10.1 Å². The van der Waals surface area contributed by atoms with Gasteiger partial charge in [-0.05, 0) is 42.8 Å². The van der Waals surface area contributed by atoms with E-state index >= 15 is 0 Å². The molecule has 5 nitrogen and oxygen atoms in total. The maximum Gasteiger partial charge on any atom is 0.261 e. The van der Waals surface area contributed by atoms with Gasteiger partial charge in [0.2, 0.25) is 5.91 Å². The first-order chi connectivity index (χ1) is 13.2. The number of hydrogen-bond acceptors (Lipinski definition) is 3. The Kier molecular flexibility index (Phi) is 8.43. The zero-order chi connectivity index (χ0) is 20.8. The van der Waals surface area contributed by atoms with Gasteiger partial charge in [-0.1, -0.05) is 56.8 Å². The van der Waals surface area contributed by atoms with Gasteiger partial charge in [0.05, 0.1) is 15.1 Å². The van der Waals surface area contributed by atoms with Crippen molar-refractivity contribution >= 4 is 62.5 Å². The van der Waals surface area contributed by atoms with Gasteiger partial charge < -0.3 is 15.0 Å². The highest BCUT2D eigenvalue weighted by Crippen LogP contribution is 2.28. The fraction of sp³-hybridized carbons (Fsp3) is 0.263. The van der Waals surface area contributed by atoms with Crippen molar-refractivity contribution in [2.24, 2.45) is 0 Å². The standard InChI is InChI=1S/C19H18BrCl3N2O3/c1-11(19(27)24-2)25(9-12-3-5-14(21)15(22)7-12)18(26)10-28-17-6-4-13(20)8-16(17)23/h3-8,11H,9-10H2,1-2H3,(H,24,27)/t11-/m1/s1. The van der Waals surface area contributed by atoms with Crippen LogP contribution in [0.25, 0.3) is 0 Å². The first kappa shape index (κ1) is 22.8. The van der Waals surface area contributed by atoms with Crippen molar-refractivity contribution in [2.75, 3.05) is 13.7 Å². The largest absolute Gasteiger partial charge is 0.482 e. The van der Waals surface area contributed by atoms with E-state index in [1.54, 1.807) is 43.3 Å². The normalized spacial score (nSPS) is 11.6. The number of carbonyl (C=O) groups is 2. The number of halogens is 4. The van der Waals surface area contributed by atoms with Crippen LogP contribution in [0.2, 0.25) is 15.1 Å². The van der Waals surface area contributed by atoms with Gasteiger partial charge in [-0.15, -0.1) is 0 Å². The third-order valence-electron chi connectivity index (χ3n) is 4.00. The molecule has 0 heterocycles. The third-order valence-corrected chi connectivity index (χ3v) is 5.52. The summed E-state index contributed by atoms with van der Waals surface area (Å²) in [5, 5.41) is 3.71. The van der Waals surface area contributed by atoms with Crippen LogP contribution in [0.5, 0.6) is 5.75 Å². The van der Waals surface area contributed by atoms with Crippen molar-refractivity contribution in [3.63, 3.8) is 0 Å². The summed E-state index contributed by atoms with van der Waals surface area (Å²) in [5.41, 5.74) is 0.736. The zero-order valence-corrected chi connectivity index (χ0v) is 19.0. The molecule has 150 valence electrons. The first-order valence-electron chi connectivity index (χ1n) is 8.25. The summed E-state index contributed by atoms with van der Waals surface area (Å²) in [6.07, 6.45) is 0. The summed E-state index contributed by atoms with van der Waals surface area (Å²) in [6.45, 7) is 1.53. The third kappa shape index (κ3) is 6.01. The minimum absolute atomic E-state index is 0.168. The van der Waals surface area contributed by atoms with Crippen LogP contribution >= 0.6 is 50.7 Å². The fourth-order valence-corrected chi connectivity index (χ4v) is 3.49. The molecule has 0 spiro atoms. The second-order valence-electron chi connectivity index (χ2n) is 5.92. The minimum atomic E-state index is -0.712. The van der Waals surface area contributed by atoms with Gasteiger partial charge in [0.25, 0.3) is 5.91 Å². The Morgan fingerprint density at radius 2 is 1.82 bits per heavy atom. The molecule has 0 fully saturated rings. The van der Waals surface area contributed by atoms with Crippen molar-refractivity contribution in [1.29, 1.82) is 0 Å². The highest BCUT2D eigenvalue weighted by molar-refractivity contribution is 9.10. The van der Waals surface area contributed by atoms with Crippen LogP contribution in [0.15, 0.2) is 40.9 Å². The lowest BCUT2D eigenvalue weighted by atomic mass is 10.1. The number of ether oxygens (including phenoxy) is 1. The average Bonchev–Trinajstić information content (AvgIpc) is 2.66. The molecule has 28 heavy (non-hydrogen) atoms. The van der Waals surface area contributed by atoms with E-state index in [4.69, 9.17) is 39.5 Å². The lowest BCUT2D eigenvalue weighted by Gasteiger charge is -2.28. The quantitative estimate of drug-likeness (QED) is 0.576. The number of nitrogens with zero attached hydrogens (tertiary/aromatic N) is 1. The maximum absolute atomic E-state index is 12.8. The number of amides is 2. The summed E-state index contributed by atoms with van der Waals surface area (Å²) in [4.78, 5) is 26.3. The monoisotopic (exact) mass is 506 g/mol. The Morgan fingerprint density at radius 1 is 1.11 bits per heavy atom. The topological polar surface area (TPSA) is 58.6 Å². The molecule has 0 unspecified atom stereocenters. The van der Waals surface area contributed by atoms with Crippen LogP contribution in [0, 0.1) is 0 Å². The van der Waals surface area contributed by atoms with Crippen LogP contribution in [-0.2, 0) is 16.1 Å². The van der Waals surface area contributed by atoms with Crippen molar-refractivity contribution in [1.82, 2.24) is 10.2 Å². The highest BCUT2D eigenvalue weighted by Gasteiger charge is 2.26. The molecule has 0 radical (unpaired) electrons. The lowest BCUT2D eigenvalue weighted by molar-refractivity contribution is -0.142. The molecule has 0 aliphatic heterocycles. The predicted molar refractivity (Wildman–Crippen MR) is 115 cm³/mol. The maximum atomic E-state index is 12.8. The van der Waals surface area contributed by atoms with Gasteiger partial charge in [-0.3, -0.25) is 9.59 Å².